The Labute approximate surface area is 180 Å². The monoisotopic (exact) mass is 423 g/mol. The molecule has 0 saturated carbocycles. The Morgan fingerprint density at radius 1 is 1.17 bits per heavy atom. The molecule has 1 aliphatic heterocycles. The zero-order valence-corrected chi connectivity index (χ0v) is 18.0. The molecular formula is C25H26FNO2S. The molecule has 2 heterocycles. The van der Waals surface area contributed by atoms with Crippen LogP contribution in [0.5, 0.6) is 0 Å². The van der Waals surface area contributed by atoms with Crippen LogP contribution in [0.2, 0.25) is 0 Å². The van der Waals surface area contributed by atoms with Gasteiger partial charge in [0.05, 0.1) is 13.2 Å². The predicted molar refractivity (Wildman–Crippen MR) is 119 cm³/mol. The zero-order valence-electron chi connectivity index (χ0n) is 17.1. The molecule has 3 nitrogen and oxygen atoms in total. The van der Waals surface area contributed by atoms with Gasteiger partial charge in [-0.1, -0.05) is 31.2 Å². The van der Waals surface area contributed by atoms with Crippen molar-refractivity contribution in [3.63, 3.8) is 0 Å². The molecule has 2 aliphatic carbocycles. The molecule has 1 aromatic heterocycles. The second-order valence-electron chi connectivity index (χ2n) is 8.54. The van der Waals surface area contributed by atoms with E-state index < -0.39 is 0 Å². The SMILES string of the molecule is C[C@@H]1Cc2sc(-c3ccc(C(=O)N4CCOCC4)cc3)cc2[C@H]1C1C=CC=C(F)C1. The highest BCUT2D eigenvalue weighted by molar-refractivity contribution is 7.15. The van der Waals surface area contributed by atoms with E-state index in [-0.39, 0.29) is 17.7 Å². The molecule has 2 aromatic rings. The Morgan fingerprint density at radius 2 is 1.93 bits per heavy atom. The van der Waals surface area contributed by atoms with E-state index in [1.54, 1.807) is 6.08 Å². The molecule has 1 aromatic carbocycles. The molecule has 0 bridgehead atoms. The Hall–Kier alpha value is -2.24. The first-order valence-electron chi connectivity index (χ1n) is 10.7. The number of ether oxygens (including phenoxy) is 1. The number of amides is 1. The number of nitrogens with zero attached hydrogens (tertiary/aromatic N) is 1. The molecule has 3 atom stereocenters. The molecule has 30 heavy (non-hydrogen) atoms. The molecule has 3 aliphatic rings. The second-order valence-corrected chi connectivity index (χ2v) is 9.68. The summed E-state index contributed by atoms with van der Waals surface area (Å²) in [4.78, 5) is 17.2. The second kappa shape index (κ2) is 8.12. The van der Waals surface area contributed by atoms with Gasteiger partial charge in [0.1, 0.15) is 5.83 Å². The van der Waals surface area contributed by atoms with Crippen molar-refractivity contribution < 1.29 is 13.9 Å². The number of benzene rings is 1. The molecule has 1 fully saturated rings. The summed E-state index contributed by atoms with van der Waals surface area (Å²) < 4.78 is 19.2. The lowest BCUT2D eigenvalue weighted by Gasteiger charge is -2.27. The maximum Gasteiger partial charge on any atom is 0.254 e. The van der Waals surface area contributed by atoms with Crippen molar-refractivity contribution in [2.24, 2.45) is 11.8 Å². The van der Waals surface area contributed by atoms with Crippen LogP contribution in [0.15, 0.2) is 54.4 Å². The van der Waals surface area contributed by atoms with Gasteiger partial charge in [0.2, 0.25) is 0 Å². The van der Waals surface area contributed by atoms with Gasteiger partial charge in [-0.05, 0) is 59.6 Å². The van der Waals surface area contributed by atoms with E-state index in [2.05, 4.69) is 31.2 Å². The molecule has 0 radical (unpaired) electrons. The number of carbonyl (C=O) groups is 1. The highest BCUT2D eigenvalue weighted by Crippen LogP contribution is 2.50. The third kappa shape index (κ3) is 3.65. The standard InChI is InChI=1S/C25H26FNO2S/c1-16-13-23-21(24(16)19-3-2-4-20(26)14-19)15-22(30-23)17-5-7-18(8-6-17)25(28)27-9-11-29-12-10-27/h2-8,15-16,19,24H,9-14H2,1H3/t16-,19?,24-/m1/s1. The van der Waals surface area contributed by atoms with E-state index in [1.807, 2.05) is 34.4 Å². The zero-order chi connectivity index (χ0) is 20.7. The highest BCUT2D eigenvalue weighted by Gasteiger charge is 2.37. The third-order valence-electron chi connectivity index (χ3n) is 6.56. The van der Waals surface area contributed by atoms with Crippen LogP contribution in [-0.2, 0) is 11.2 Å². The molecule has 1 saturated heterocycles. The largest absolute Gasteiger partial charge is 0.378 e. The molecule has 5 rings (SSSR count). The van der Waals surface area contributed by atoms with Crippen molar-refractivity contribution in [2.45, 2.75) is 25.7 Å². The lowest BCUT2D eigenvalue weighted by Crippen LogP contribution is -2.40. The number of fused-ring (bicyclic) bond motifs is 1. The summed E-state index contributed by atoms with van der Waals surface area (Å²) in [6.45, 7) is 4.82. The van der Waals surface area contributed by atoms with Crippen LogP contribution in [0.25, 0.3) is 10.4 Å². The Morgan fingerprint density at radius 3 is 2.67 bits per heavy atom. The summed E-state index contributed by atoms with van der Waals surface area (Å²) in [7, 11) is 0. The average molecular weight is 424 g/mol. The fraction of sp³-hybridized carbons (Fsp3) is 0.400. The first kappa shape index (κ1) is 19.7. The molecule has 1 amide bonds. The fourth-order valence-electron chi connectivity index (χ4n) is 5.04. The number of allylic oxidation sites excluding steroid dienone is 4. The Kier molecular flexibility index (Phi) is 5.34. The van der Waals surface area contributed by atoms with Gasteiger partial charge in [-0.3, -0.25) is 4.79 Å². The van der Waals surface area contributed by atoms with Crippen molar-refractivity contribution in [2.75, 3.05) is 26.3 Å². The molecule has 156 valence electrons. The van der Waals surface area contributed by atoms with Crippen molar-refractivity contribution in [3.05, 3.63) is 70.4 Å². The number of halogens is 1. The summed E-state index contributed by atoms with van der Waals surface area (Å²) in [6, 6.07) is 10.3. The van der Waals surface area contributed by atoms with Crippen LogP contribution in [0, 0.1) is 11.8 Å². The average Bonchev–Trinajstić information content (AvgIpc) is 3.30. The van der Waals surface area contributed by atoms with E-state index in [1.165, 1.54) is 15.3 Å². The number of rotatable bonds is 3. The fourth-order valence-corrected chi connectivity index (χ4v) is 6.41. The van der Waals surface area contributed by atoms with E-state index in [0.717, 1.165) is 17.5 Å². The first-order chi connectivity index (χ1) is 14.6. The lowest BCUT2D eigenvalue weighted by molar-refractivity contribution is 0.0303. The van der Waals surface area contributed by atoms with Gasteiger partial charge in [-0.25, -0.2) is 4.39 Å². The maximum absolute atomic E-state index is 13.9. The van der Waals surface area contributed by atoms with Crippen molar-refractivity contribution in [3.8, 4) is 10.4 Å². The summed E-state index contributed by atoms with van der Waals surface area (Å²) in [6.07, 6.45) is 7.19. The molecule has 0 spiro atoms. The maximum atomic E-state index is 13.9. The van der Waals surface area contributed by atoms with E-state index >= 15 is 0 Å². The van der Waals surface area contributed by atoms with Gasteiger partial charge >= 0.3 is 0 Å². The van der Waals surface area contributed by atoms with Crippen molar-refractivity contribution >= 4 is 17.2 Å². The summed E-state index contributed by atoms with van der Waals surface area (Å²) in [5, 5.41) is 0. The smallest absolute Gasteiger partial charge is 0.254 e. The van der Waals surface area contributed by atoms with E-state index in [4.69, 9.17) is 4.74 Å². The lowest BCUT2D eigenvalue weighted by atomic mass is 9.78. The van der Waals surface area contributed by atoms with Crippen molar-refractivity contribution in [1.29, 1.82) is 0 Å². The minimum atomic E-state index is -0.0147. The van der Waals surface area contributed by atoms with Gasteiger partial charge in [0.15, 0.2) is 0 Å². The van der Waals surface area contributed by atoms with Gasteiger partial charge in [-0.2, -0.15) is 0 Å². The highest BCUT2D eigenvalue weighted by atomic mass is 32.1. The summed E-state index contributed by atoms with van der Waals surface area (Å²) in [5.41, 5.74) is 3.26. The van der Waals surface area contributed by atoms with Crippen LogP contribution in [0.1, 0.15) is 40.1 Å². The van der Waals surface area contributed by atoms with E-state index in [9.17, 15) is 9.18 Å². The molecular weight excluding hydrogens is 397 g/mol. The predicted octanol–water partition coefficient (Wildman–Crippen LogP) is 5.59. The number of hydrogen-bond donors (Lipinski definition) is 0. The van der Waals surface area contributed by atoms with Gasteiger partial charge in [0, 0.05) is 34.8 Å². The minimum absolute atomic E-state index is 0.0147. The topological polar surface area (TPSA) is 29.5 Å². The molecule has 1 unspecified atom stereocenters. The third-order valence-corrected chi connectivity index (χ3v) is 7.79. The normalized spacial score (nSPS) is 25.9. The van der Waals surface area contributed by atoms with Gasteiger partial charge < -0.3 is 9.64 Å². The van der Waals surface area contributed by atoms with Gasteiger partial charge in [-0.15, -0.1) is 11.3 Å². The summed E-state index contributed by atoms with van der Waals surface area (Å²) >= 11 is 1.85. The number of carbonyl (C=O) groups excluding carboxylic acids is 1. The Bertz CT molecular complexity index is 1000. The quantitative estimate of drug-likeness (QED) is 0.644. The van der Waals surface area contributed by atoms with Crippen LogP contribution in [-0.4, -0.2) is 37.1 Å². The van der Waals surface area contributed by atoms with E-state index in [0.29, 0.717) is 44.6 Å². The minimum Gasteiger partial charge on any atom is -0.378 e. The number of hydrogen-bond acceptors (Lipinski definition) is 3. The van der Waals surface area contributed by atoms with Crippen LogP contribution in [0.4, 0.5) is 4.39 Å². The Balaban J connectivity index is 1.36. The first-order valence-corrected chi connectivity index (χ1v) is 11.5. The summed E-state index contributed by atoms with van der Waals surface area (Å²) in [5.74, 6) is 1.21. The van der Waals surface area contributed by atoms with Crippen LogP contribution in [0.3, 0.4) is 0 Å². The molecule has 0 N–H and O–H groups in total. The number of thiophene rings is 1. The number of morpholine rings is 1. The van der Waals surface area contributed by atoms with Crippen LogP contribution < -0.4 is 0 Å². The van der Waals surface area contributed by atoms with Gasteiger partial charge in [0.25, 0.3) is 5.91 Å². The molecule has 5 heteroatoms. The van der Waals surface area contributed by atoms with Crippen molar-refractivity contribution in [1.82, 2.24) is 4.90 Å². The van der Waals surface area contributed by atoms with Crippen LogP contribution >= 0.6 is 11.3 Å².